The highest BCUT2D eigenvalue weighted by molar-refractivity contribution is 6.31. The van der Waals surface area contributed by atoms with E-state index in [0.29, 0.717) is 24.7 Å². The predicted molar refractivity (Wildman–Crippen MR) is 146 cm³/mol. The Labute approximate surface area is 217 Å². The maximum absolute atomic E-state index is 10.6. The zero-order valence-corrected chi connectivity index (χ0v) is 21.3. The van der Waals surface area contributed by atoms with E-state index in [9.17, 15) is 5.11 Å². The van der Waals surface area contributed by atoms with Crippen molar-refractivity contribution in [3.05, 3.63) is 112 Å². The number of halogens is 1. The first-order valence-corrected chi connectivity index (χ1v) is 12.6. The lowest BCUT2D eigenvalue weighted by atomic mass is 9.89. The van der Waals surface area contributed by atoms with E-state index in [0.717, 1.165) is 45.3 Å². The number of aliphatic hydroxyl groups is 1. The second-order valence-corrected chi connectivity index (χ2v) is 10.1. The van der Waals surface area contributed by atoms with Crippen molar-refractivity contribution in [2.45, 2.75) is 38.1 Å². The first-order valence-electron chi connectivity index (χ1n) is 12.3. The van der Waals surface area contributed by atoms with Gasteiger partial charge in [-0.25, -0.2) is 4.98 Å². The number of nitrogens with zero attached hydrogens (tertiary/aromatic N) is 1. The van der Waals surface area contributed by atoms with Crippen LogP contribution in [-0.2, 0) is 27.3 Å². The van der Waals surface area contributed by atoms with Gasteiger partial charge in [-0.15, -0.1) is 0 Å². The monoisotopic (exact) mass is 499 g/mol. The van der Waals surface area contributed by atoms with Crippen molar-refractivity contribution < 1.29 is 14.6 Å². The van der Waals surface area contributed by atoms with E-state index in [4.69, 9.17) is 26.1 Å². The lowest BCUT2D eigenvalue weighted by Crippen LogP contribution is -2.28. The molecule has 1 N–H and O–H groups in total. The van der Waals surface area contributed by atoms with Crippen LogP contribution < -0.4 is 0 Å². The summed E-state index contributed by atoms with van der Waals surface area (Å²) in [6.07, 6.45) is 5.43. The Kier molecular flexibility index (Phi) is 6.96. The van der Waals surface area contributed by atoms with Crippen molar-refractivity contribution in [2.24, 2.45) is 0 Å². The lowest BCUT2D eigenvalue weighted by Gasteiger charge is -2.29. The molecule has 0 spiro atoms. The summed E-state index contributed by atoms with van der Waals surface area (Å²) < 4.78 is 12.4. The number of aromatic nitrogens is 1. The molecule has 2 heterocycles. The summed E-state index contributed by atoms with van der Waals surface area (Å²) in [5, 5.41) is 12.4. The average Bonchev–Trinajstić information content (AvgIpc) is 3.36. The molecule has 0 saturated carbocycles. The van der Waals surface area contributed by atoms with Crippen LogP contribution in [0.4, 0.5) is 0 Å². The molecule has 0 unspecified atom stereocenters. The number of ether oxygens (including phenoxy) is 2. The van der Waals surface area contributed by atoms with Gasteiger partial charge in [-0.05, 0) is 67.3 Å². The van der Waals surface area contributed by atoms with E-state index in [1.165, 1.54) is 0 Å². The largest absolute Gasteiger partial charge is 0.386 e. The second kappa shape index (κ2) is 10.2. The van der Waals surface area contributed by atoms with Gasteiger partial charge in [0.2, 0.25) is 0 Å². The van der Waals surface area contributed by atoms with Gasteiger partial charge in [-0.1, -0.05) is 72.3 Å². The Morgan fingerprint density at radius 1 is 0.944 bits per heavy atom. The average molecular weight is 500 g/mol. The summed E-state index contributed by atoms with van der Waals surface area (Å²) in [4.78, 5) is 4.71. The van der Waals surface area contributed by atoms with Crippen LogP contribution in [0.2, 0.25) is 5.02 Å². The predicted octanol–water partition coefficient (Wildman–Crippen LogP) is 7.12. The third-order valence-corrected chi connectivity index (χ3v) is 6.84. The Bertz CT molecular complexity index is 1400. The number of hydrogen-bond acceptors (Lipinski definition) is 4. The molecule has 184 valence electrons. The second-order valence-electron chi connectivity index (χ2n) is 9.70. The molecule has 0 aliphatic carbocycles. The van der Waals surface area contributed by atoms with Crippen LogP contribution in [0.5, 0.6) is 0 Å². The first-order chi connectivity index (χ1) is 17.3. The summed E-state index contributed by atoms with van der Waals surface area (Å²) >= 11 is 6.14. The van der Waals surface area contributed by atoms with Crippen LogP contribution in [0.25, 0.3) is 23.1 Å². The van der Waals surface area contributed by atoms with Crippen LogP contribution in [0.3, 0.4) is 0 Å². The van der Waals surface area contributed by atoms with Crippen LogP contribution >= 0.6 is 11.6 Å². The summed E-state index contributed by atoms with van der Waals surface area (Å²) in [5.74, 6) is -0.811. The topological polar surface area (TPSA) is 51.6 Å². The Balaban J connectivity index is 1.39. The quantitative estimate of drug-likeness (QED) is 0.294. The van der Waals surface area contributed by atoms with Crippen molar-refractivity contribution in [2.75, 3.05) is 13.2 Å². The minimum absolute atomic E-state index is 0.552. The van der Waals surface area contributed by atoms with Crippen molar-refractivity contribution >= 4 is 34.7 Å². The maximum Gasteiger partial charge on any atom is 0.195 e. The number of pyridine rings is 1. The van der Waals surface area contributed by atoms with Gasteiger partial charge in [0.15, 0.2) is 5.79 Å². The van der Waals surface area contributed by atoms with Gasteiger partial charge in [0.1, 0.15) is 0 Å². The molecular formula is C31H30ClNO3. The zero-order valence-electron chi connectivity index (χ0n) is 20.6. The fourth-order valence-electron chi connectivity index (χ4n) is 4.80. The number of aryl methyl sites for hydroxylation is 1. The van der Waals surface area contributed by atoms with Crippen molar-refractivity contribution in [3.8, 4) is 0 Å². The molecule has 4 aromatic rings. The third kappa shape index (κ3) is 5.37. The minimum Gasteiger partial charge on any atom is -0.386 e. The summed E-state index contributed by atoms with van der Waals surface area (Å²) in [6.45, 7) is 4.74. The Morgan fingerprint density at radius 3 is 2.53 bits per heavy atom. The summed E-state index contributed by atoms with van der Waals surface area (Å²) in [7, 11) is 0. The molecular weight excluding hydrogens is 470 g/mol. The minimum atomic E-state index is -0.909. The molecule has 1 aromatic heterocycles. The normalized spacial score (nSPS) is 15.7. The summed E-state index contributed by atoms with van der Waals surface area (Å²) in [5.41, 5.74) is 4.88. The molecule has 0 atom stereocenters. The molecule has 1 aliphatic rings. The number of rotatable bonds is 7. The van der Waals surface area contributed by atoms with E-state index in [2.05, 4.69) is 36.4 Å². The van der Waals surface area contributed by atoms with Crippen molar-refractivity contribution in [1.82, 2.24) is 4.98 Å². The van der Waals surface area contributed by atoms with E-state index in [1.54, 1.807) is 0 Å². The number of benzene rings is 3. The first kappa shape index (κ1) is 24.7. The SMILES string of the molecule is CC(C)(O)c1ccccc1CCC1(c2cccc(/C=C/c3ccc4ccc(Cl)cc4n3)c2)OCCO1. The molecule has 36 heavy (non-hydrogen) atoms. The van der Waals surface area contributed by atoms with Crippen molar-refractivity contribution in [3.63, 3.8) is 0 Å². The van der Waals surface area contributed by atoms with Gasteiger partial charge in [-0.2, -0.15) is 0 Å². The fraction of sp³-hybridized carbons (Fsp3) is 0.258. The van der Waals surface area contributed by atoms with E-state index < -0.39 is 11.4 Å². The standard InChI is InChI=1S/C31H30ClNO3/c1-30(2,34)28-9-4-3-7-23(28)16-17-31(35-18-19-36-31)25-8-5-6-22(20-25)10-14-27-15-12-24-11-13-26(32)21-29(24)33-27/h3-15,20-21,34H,16-19H2,1-2H3/b14-10+. The van der Waals surface area contributed by atoms with E-state index >= 15 is 0 Å². The third-order valence-electron chi connectivity index (χ3n) is 6.60. The molecule has 4 nitrogen and oxygen atoms in total. The van der Waals surface area contributed by atoms with Gasteiger partial charge in [-0.3, -0.25) is 0 Å². The van der Waals surface area contributed by atoms with E-state index in [1.807, 2.05) is 68.5 Å². The lowest BCUT2D eigenvalue weighted by molar-refractivity contribution is -0.170. The molecule has 5 rings (SSSR count). The van der Waals surface area contributed by atoms with Gasteiger partial charge in [0.25, 0.3) is 0 Å². The van der Waals surface area contributed by atoms with Crippen LogP contribution in [0.1, 0.15) is 48.2 Å². The van der Waals surface area contributed by atoms with E-state index in [-0.39, 0.29) is 0 Å². The molecule has 1 fully saturated rings. The van der Waals surface area contributed by atoms with Crippen LogP contribution in [0.15, 0.2) is 78.9 Å². The summed E-state index contributed by atoms with van der Waals surface area (Å²) in [6, 6.07) is 26.1. The zero-order chi connectivity index (χ0) is 25.2. The Hall–Kier alpha value is -3.02. The fourth-order valence-corrected chi connectivity index (χ4v) is 4.97. The molecule has 0 amide bonds. The number of fused-ring (bicyclic) bond motifs is 1. The molecule has 5 heteroatoms. The van der Waals surface area contributed by atoms with Gasteiger partial charge >= 0.3 is 0 Å². The molecule has 1 aliphatic heterocycles. The van der Waals surface area contributed by atoms with Gasteiger partial charge in [0.05, 0.1) is 30.0 Å². The highest BCUT2D eigenvalue weighted by Crippen LogP contribution is 2.37. The highest BCUT2D eigenvalue weighted by atomic mass is 35.5. The smallest absolute Gasteiger partial charge is 0.195 e. The maximum atomic E-state index is 10.6. The van der Waals surface area contributed by atoms with Crippen LogP contribution in [-0.4, -0.2) is 23.3 Å². The van der Waals surface area contributed by atoms with Crippen LogP contribution in [0, 0.1) is 0 Å². The van der Waals surface area contributed by atoms with Gasteiger partial charge in [0, 0.05) is 22.4 Å². The highest BCUT2D eigenvalue weighted by Gasteiger charge is 2.38. The molecule has 3 aromatic carbocycles. The molecule has 0 radical (unpaired) electrons. The van der Waals surface area contributed by atoms with Crippen molar-refractivity contribution in [1.29, 1.82) is 0 Å². The number of hydrogen-bond donors (Lipinski definition) is 1. The molecule has 1 saturated heterocycles. The van der Waals surface area contributed by atoms with Gasteiger partial charge < -0.3 is 14.6 Å². The Morgan fingerprint density at radius 2 is 1.72 bits per heavy atom. The molecule has 0 bridgehead atoms.